The molecule has 138 valence electrons. The second kappa shape index (κ2) is 7.23. The van der Waals surface area contributed by atoms with E-state index >= 15 is 0 Å². The number of amides is 2. The van der Waals surface area contributed by atoms with Gasteiger partial charge in [0.15, 0.2) is 0 Å². The number of hydrogen-bond acceptors (Lipinski definition) is 3. The number of aromatic nitrogens is 2. The number of carbonyl (C=O) groups is 2. The maximum absolute atomic E-state index is 12.9. The first-order chi connectivity index (χ1) is 13.1. The molecule has 0 saturated carbocycles. The maximum atomic E-state index is 12.9. The molecule has 2 heterocycles. The van der Waals surface area contributed by atoms with E-state index in [1.54, 1.807) is 11.8 Å². The van der Waals surface area contributed by atoms with Crippen molar-refractivity contribution in [2.24, 2.45) is 0 Å². The van der Waals surface area contributed by atoms with Crippen LogP contribution in [0.4, 0.5) is 0 Å². The van der Waals surface area contributed by atoms with Crippen molar-refractivity contribution < 1.29 is 9.59 Å². The molecule has 1 N–H and O–H groups in total. The van der Waals surface area contributed by atoms with E-state index in [-0.39, 0.29) is 11.8 Å². The first-order valence-corrected chi connectivity index (χ1v) is 9.22. The summed E-state index contributed by atoms with van der Waals surface area (Å²) in [5, 5.41) is 0. The van der Waals surface area contributed by atoms with Gasteiger partial charge in [0.05, 0.1) is 11.0 Å². The Bertz CT molecular complexity index is 980. The van der Waals surface area contributed by atoms with Crippen LogP contribution in [0.25, 0.3) is 22.4 Å². The summed E-state index contributed by atoms with van der Waals surface area (Å²) in [6, 6.07) is 15.5. The summed E-state index contributed by atoms with van der Waals surface area (Å²) in [4.78, 5) is 36.1. The summed E-state index contributed by atoms with van der Waals surface area (Å²) in [5.41, 5.74) is 3.34. The zero-order chi connectivity index (χ0) is 18.8. The Kier molecular flexibility index (Phi) is 4.62. The minimum atomic E-state index is -0.00170. The van der Waals surface area contributed by atoms with Gasteiger partial charge in [0.2, 0.25) is 5.91 Å². The van der Waals surface area contributed by atoms with Crippen LogP contribution >= 0.6 is 0 Å². The van der Waals surface area contributed by atoms with Crippen molar-refractivity contribution in [2.45, 2.75) is 13.3 Å². The lowest BCUT2D eigenvalue weighted by molar-refractivity contribution is -0.128. The average molecular weight is 362 g/mol. The predicted molar refractivity (Wildman–Crippen MR) is 104 cm³/mol. The molecule has 27 heavy (non-hydrogen) atoms. The molecule has 0 unspecified atom stereocenters. The summed E-state index contributed by atoms with van der Waals surface area (Å²) in [6.45, 7) is 4.10. The quantitative estimate of drug-likeness (QED) is 0.762. The Morgan fingerprint density at radius 1 is 0.963 bits per heavy atom. The molecule has 1 aromatic heterocycles. The monoisotopic (exact) mass is 362 g/mol. The van der Waals surface area contributed by atoms with Crippen LogP contribution in [0.15, 0.2) is 48.5 Å². The fraction of sp³-hybridized carbons (Fsp3) is 0.286. The number of nitrogens with one attached hydrogen (secondary N) is 1. The molecular weight excluding hydrogens is 340 g/mol. The maximum Gasteiger partial charge on any atom is 0.253 e. The first-order valence-electron chi connectivity index (χ1n) is 9.22. The van der Waals surface area contributed by atoms with Gasteiger partial charge in [0.1, 0.15) is 5.82 Å². The molecule has 1 saturated heterocycles. The van der Waals surface area contributed by atoms with E-state index in [1.807, 2.05) is 53.4 Å². The van der Waals surface area contributed by atoms with Crippen LogP contribution in [0, 0.1) is 0 Å². The smallest absolute Gasteiger partial charge is 0.253 e. The minimum Gasteiger partial charge on any atom is -0.341 e. The van der Waals surface area contributed by atoms with Crippen LogP contribution in [0.5, 0.6) is 0 Å². The summed E-state index contributed by atoms with van der Waals surface area (Å²) in [5.74, 6) is 0.858. The number of nitrogens with zero attached hydrogens (tertiary/aromatic N) is 3. The van der Waals surface area contributed by atoms with Crippen molar-refractivity contribution in [3.8, 4) is 11.4 Å². The third-order valence-electron chi connectivity index (χ3n) is 5.00. The summed E-state index contributed by atoms with van der Waals surface area (Å²) >= 11 is 0. The zero-order valence-corrected chi connectivity index (χ0v) is 15.3. The van der Waals surface area contributed by atoms with Crippen molar-refractivity contribution >= 4 is 22.8 Å². The molecular formula is C21H22N4O2. The van der Waals surface area contributed by atoms with Crippen LogP contribution in [0.2, 0.25) is 0 Å². The Balaban J connectivity index is 1.56. The van der Waals surface area contributed by atoms with E-state index in [0.717, 1.165) is 28.8 Å². The van der Waals surface area contributed by atoms with Gasteiger partial charge in [-0.3, -0.25) is 9.59 Å². The number of imidazole rings is 1. The van der Waals surface area contributed by atoms with Crippen molar-refractivity contribution in [2.75, 3.05) is 26.2 Å². The number of aromatic amines is 1. The van der Waals surface area contributed by atoms with Crippen LogP contribution in [-0.2, 0) is 4.79 Å². The van der Waals surface area contributed by atoms with Crippen LogP contribution in [0.1, 0.15) is 23.7 Å². The number of rotatable bonds is 2. The van der Waals surface area contributed by atoms with E-state index in [1.165, 1.54) is 0 Å². The molecule has 1 fully saturated rings. The fourth-order valence-electron chi connectivity index (χ4n) is 3.49. The van der Waals surface area contributed by atoms with Gasteiger partial charge in [-0.05, 0) is 24.6 Å². The number of fused-ring (bicyclic) bond motifs is 1. The Morgan fingerprint density at radius 3 is 2.48 bits per heavy atom. The summed E-state index contributed by atoms with van der Waals surface area (Å²) in [6.07, 6.45) is 0.801. The third kappa shape index (κ3) is 3.56. The molecule has 0 bridgehead atoms. The molecule has 1 aliphatic rings. The highest BCUT2D eigenvalue weighted by molar-refractivity contribution is 5.97. The number of carbonyl (C=O) groups excluding carboxylic acids is 2. The highest BCUT2D eigenvalue weighted by Crippen LogP contribution is 2.22. The molecule has 6 heteroatoms. The van der Waals surface area contributed by atoms with Gasteiger partial charge < -0.3 is 14.8 Å². The van der Waals surface area contributed by atoms with Gasteiger partial charge >= 0.3 is 0 Å². The minimum absolute atomic E-state index is 0.00170. The number of H-pyrrole nitrogens is 1. The normalized spacial score (nSPS) is 15.0. The van der Waals surface area contributed by atoms with Gasteiger partial charge in [-0.25, -0.2) is 4.98 Å². The highest BCUT2D eigenvalue weighted by atomic mass is 16.2. The molecule has 3 aromatic rings. The van der Waals surface area contributed by atoms with E-state index in [2.05, 4.69) is 9.97 Å². The predicted octanol–water partition coefficient (Wildman–Crippen LogP) is 2.92. The topological polar surface area (TPSA) is 69.3 Å². The van der Waals surface area contributed by atoms with Crippen molar-refractivity contribution in [3.63, 3.8) is 0 Å². The van der Waals surface area contributed by atoms with Gasteiger partial charge in [-0.1, -0.05) is 30.3 Å². The van der Waals surface area contributed by atoms with Gasteiger partial charge in [0, 0.05) is 44.2 Å². The Labute approximate surface area is 157 Å². The van der Waals surface area contributed by atoms with Gasteiger partial charge in [-0.15, -0.1) is 0 Å². The summed E-state index contributed by atoms with van der Waals surface area (Å²) in [7, 11) is 0. The Morgan fingerprint density at radius 2 is 1.70 bits per heavy atom. The SMILES string of the molecule is CC(=O)N1CCCN(C(=O)c2ccc3nc(-c4ccccc4)[nH]c3c2)CC1. The first kappa shape index (κ1) is 17.3. The Hall–Kier alpha value is -3.15. The number of benzene rings is 2. The van der Waals surface area contributed by atoms with E-state index in [9.17, 15) is 9.59 Å². The van der Waals surface area contributed by atoms with Crippen LogP contribution in [-0.4, -0.2) is 57.8 Å². The fourth-order valence-corrected chi connectivity index (χ4v) is 3.49. The third-order valence-corrected chi connectivity index (χ3v) is 5.00. The molecule has 1 aliphatic heterocycles. The molecule has 4 rings (SSSR count). The standard InChI is InChI=1S/C21H22N4O2/c1-15(26)24-10-5-11-25(13-12-24)21(27)17-8-9-18-19(14-17)23-20(22-18)16-6-3-2-4-7-16/h2-4,6-9,14H,5,10-13H2,1H3,(H,22,23). The van der Waals surface area contributed by atoms with Crippen molar-refractivity contribution in [1.29, 1.82) is 0 Å². The van der Waals surface area contributed by atoms with Gasteiger partial charge in [-0.2, -0.15) is 0 Å². The molecule has 0 radical (unpaired) electrons. The molecule has 0 spiro atoms. The second-order valence-corrected chi connectivity index (χ2v) is 6.84. The van der Waals surface area contributed by atoms with Crippen LogP contribution < -0.4 is 0 Å². The van der Waals surface area contributed by atoms with Gasteiger partial charge in [0.25, 0.3) is 5.91 Å². The number of hydrogen-bond donors (Lipinski definition) is 1. The molecule has 2 aromatic carbocycles. The van der Waals surface area contributed by atoms with Crippen molar-refractivity contribution in [1.82, 2.24) is 19.8 Å². The summed E-state index contributed by atoms with van der Waals surface area (Å²) < 4.78 is 0. The van der Waals surface area contributed by atoms with Crippen molar-refractivity contribution in [3.05, 3.63) is 54.1 Å². The average Bonchev–Trinajstić information content (AvgIpc) is 2.95. The highest BCUT2D eigenvalue weighted by Gasteiger charge is 2.21. The second-order valence-electron chi connectivity index (χ2n) is 6.84. The van der Waals surface area contributed by atoms with E-state index in [0.29, 0.717) is 31.7 Å². The van der Waals surface area contributed by atoms with E-state index in [4.69, 9.17) is 0 Å². The lowest BCUT2D eigenvalue weighted by Crippen LogP contribution is -2.36. The molecule has 0 aliphatic carbocycles. The molecule has 6 nitrogen and oxygen atoms in total. The molecule has 0 atom stereocenters. The molecule has 2 amide bonds. The largest absolute Gasteiger partial charge is 0.341 e. The zero-order valence-electron chi connectivity index (χ0n) is 15.3. The lowest BCUT2D eigenvalue weighted by Gasteiger charge is -2.21. The van der Waals surface area contributed by atoms with Crippen LogP contribution in [0.3, 0.4) is 0 Å². The van der Waals surface area contributed by atoms with E-state index < -0.39 is 0 Å². The lowest BCUT2D eigenvalue weighted by atomic mass is 10.1.